The molecular weight excluding hydrogens is 374 g/mol. The second-order valence-electron chi connectivity index (χ2n) is 5.40. The van der Waals surface area contributed by atoms with Crippen LogP contribution in [0.25, 0.3) is 11.3 Å². The van der Waals surface area contributed by atoms with Crippen LogP contribution in [0, 0.1) is 0 Å². The van der Waals surface area contributed by atoms with Crippen molar-refractivity contribution in [3.05, 3.63) is 81.5 Å². The van der Waals surface area contributed by atoms with E-state index in [0.717, 1.165) is 21.6 Å². The summed E-state index contributed by atoms with van der Waals surface area (Å²) in [6.45, 7) is 2.81. The van der Waals surface area contributed by atoms with Crippen molar-refractivity contribution in [3.8, 4) is 11.3 Å². The lowest BCUT2D eigenvalue weighted by atomic mass is 10.1. The number of hydrogen-bond donors (Lipinski definition) is 1. The van der Waals surface area contributed by atoms with Crippen LogP contribution < -0.4 is 5.32 Å². The van der Waals surface area contributed by atoms with Crippen LogP contribution >= 0.6 is 27.5 Å². The van der Waals surface area contributed by atoms with Gasteiger partial charge in [0.2, 0.25) is 0 Å². The fraction of sp³-hybridized carbons (Fsp3) is 0.158. The molecule has 1 unspecified atom stereocenters. The van der Waals surface area contributed by atoms with E-state index in [9.17, 15) is 0 Å². The highest BCUT2D eigenvalue weighted by Gasteiger charge is 2.10. The van der Waals surface area contributed by atoms with Gasteiger partial charge < -0.3 is 9.73 Å². The maximum atomic E-state index is 6.28. The van der Waals surface area contributed by atoms with E-state index in [1.165, 1.54) is 5.56 Å². The summed E-state index contributed by atoms with van der Waals surface area (Å²) in [4.78, 5) is 0. The molecule has 23 heavy (non-hydrogen) atoms. The first-order chi connectivity index (χ1) is 11.1. The first-order valence-electron chi connectivity index (χ1n) is 7.46. The molecule has 1 N–H and O–H groups in total. The Morgan fingerprint density at radius 2 is 1.87 bits per heavy atom. The molecule has 0 aliphatic rings. The fourth-order valence-electron chi connectivity index (χ4n) is 2.42. The SMILES string of the molecule is CC(NCc1ccc(-c2ccc(Br)cc2Cl)o1)c1ccccc1. The third-order valence-corrected chi connectivity index (χ3v) is 4.55. The predicted octanol–water partition coefficient (Wildman–Crippen LogP) is 6.21. The summed E-state index contributed by atoms with van der Waals surface area (Å²) in [5.74, 6) is 1.67. The van der Waals surface area contributed by atoms with Gasteiger partial charge in [-0.15, -0.1) is 0 Å². The summed E-state index contributed by atoms with van der Waals surface area (Å²) < 4.78 is 6.87. The van der Waals surface area contributed by atoms with E-state index >= 15 is 0 Å². The second-order valence-corrected chi connectivity index (χ2v) is 6.73. The summed E-state index contributed by atoms with van der Waals surface area (Å²) in [7, 11) is 0. The fourth-order valence-corrected chi connectivity index (χ4v) is 3.19. The Kier molecular flexibility index (Phi) is 5.21. The summed E-state index contributed by atoms with van der Waals surface area (Å²) >= 11 is 9.69. The highest BCUT2D eigenvalue weighted by molar-refractivity contribution is 9.10. The van der Waals surface area contributed by atoms with Crippen LogP contribution in [0.3, 0.4) is 0 Å². The summed E-state index contributed by atoms with van der Waals surface area (Å²) in [5, 5.41) is 4.14. The Bertz CT molecular complexity index is 785. The van der Waals surface area contributed by atoms with Gasteiger partial charge >= 0.3 is 0 Å². The van der Waals surface area contributed by atoms with E-state index in [1.54, 1.807) is 0 Å². The molecule has 4 heteroatoms. The Hall–Kier alpha value is -1.55. The lowest BCUT2D eigenvalue weighted by molar-refractivity contribution is 0.468. The molecule has 0 saturated heterocycles. The number of halogens is 2. The molecule has 0 radical (unpaired) electrons. The van der Waals surface area contributed by atoms with Gasteiger partial charge in [0.15, 0.2) is 0 Å². The molecule has 1 atom stereocenters. The van der Waals surface area contributed by atoms with Crippen LogP contribution in [0.15, 0.2) is 69.6 Å². The van der Waals surface area contributed by atoms with E-state index in [0.29, 0.717) is 11.6 Å². The molecule has 0 aliphatic carbocycles. The minimum absolute atomic E-state index is 0.265. The van der Waals surface area contributed by atoms with Crippen molar-refractivity contribution in [2.45, 2.75) is 19.5 Å². The largest absolute Gasteiger partial charge is 0.460 e. The minimum Gasteiger partial charge on any atom is -0.460 e. The molecule has 0 bridgehead atoms. The van der Waals surface area contributed by atoms with Gasteiger partial charge in [-0.2, -0.15) is 0 Å². The number of nitrogens with one attached hydrogen (secondary N) is 1. The van der Waals surface area contributed by atoms with Crippen LogP contribution in [0.5, 0.6) is 0 Å². The molecule has 2 aromatic carbocycles. The average Bonchev–Trinajstić information content (AvgIpc) is 3.02. The average molecular weight is 391 g/mol. The van der Waals surface area contributed by atoms with Gasteiger partial charge in [-0.05, 0) is 42.8 Å². The van der Waals surface area contributed by atoms with Crippen LogP contribution in [-0.4, -0.2) is 0 Å². The molecule has 118 valence electrons. The summed E-state index contributed by atoms with van der Waals surface area (Å²) in [5.41, 5.74) is 2.16. The quantitative estimate of drug-likeness (QED) is 0.560. The van der Waals surface area contributed by atoms with Gasteiger partial charge in [0.25, 0.3) is 0 Å². The number of benzene rings is 2. The zero-order valence-electron chi connectivity index (χ0n) is 12.7. The van der Waals surface area contributed by atoms with E-state index in [4.69, 9.17) is 16.0 Å². The van der Waals surface area contributed by atoms with Crippen LogP contribution in [-0.2, 0) is 6.54 Å². The van der Waals surface area contributed by atoms with Gasteiger partial charge in [0, 0.05) is 16.1 Å². The summed E-state index contributed by atoms with van der Waals surface area (Å²) in [6.07, 6.45) is 0. The van der Waals surface area contributed by atoms with Crippen molar-refractivity contribution in [1.82, 2.24) is 5.32 Å². The molecule has 0 saturated carbocycles. The maximum absolute atomic E-state index is 6.28. The smallest absolute Gasteiger partial charge is 0.135 e. The van der Waals surface area contributed by atoms with Gasteiger partial charge in [0.1, 0.15) is 11.5 Å². The van der Waals surface area contributed by atoms with Gasteiger partial charge in [0.05, 0.1) is 11.6 Å². The van der Waals surface area contributed by atoms with Crippen LogP contribution in [0.4, 0.5) is 0 Å². The Morgan fingerprint density at radius 1 is 1.09 bits per heavy atom. The third kappa shape index (κ3) is 4.05. The van der Waals surface area contributed by atoms with Gasteiger partial charge in [-0.25, -0.2) is 0 Å². The Labute approximate surface area is 149 Å². The predicted molar refractivity (Wildman–Crippen MR) is 98.6 cm³/mol. The standard InChI is InChI=1S/C19H17BrClNO/c1-13(14-5-3-2-4-6-14)22-12-16-8-10-19(23-16)17-9-7-15(20)11-18(17)21/h2-11,13,22H,12H2,1H3. The summed E-state index contributed by atoms with van der Waals surface area (Å²) in [6, 6.07) is 20.3. The molecule has 0 aliphatic heterocycles. The van der Waals surface area contributed by atoms with E-state index < -0.39 is 0 Å². The molecule has 1 aromatic heterocycles. The second kappa shape index (κ2) is 7.35. The molecule has 2 nitrogen and oxygen atoms in total. The molecule has 1 heterocycles. The maximum Gasteiger partial charge on any atom is 0.135 e. The van der Waals surface area contributed by atoms with Crippen molar-refractivity contribution in [3.63, 3.8) is 0 Å². The number of hydrogen-bond acceptors (Lipinski definition) is 2. The topological polar surface area (TPSA) is 25.2 Å². The number of rotatable bonds is 5. The van der Waals surface area contributed by atoms with Crippen molar-refractivity contribution in [2.75, 3.05) is 0 Å². The van der Waals surface area contributed by atoms with Gasteiger partial charge in [-0.3, -0.25) is 0 Å². The highest BCUT2D eigenvalue weighted by Crippen LogP contribution is 2.31. The normalized spacial score (nSPS) is 12.3. The van der Waals surface area contributed by atoms with E-state index in [-0.39, 0.29) is 6.04 Å². The van der Waals surface area contributed by atoms with Crippen molar-refractivity contribution < 1.29 is 4.42 Å². The zero-order chi connectivity index (χ0) is 16.2. The van der Waals surface area contributed by atoms with E-state index in [2.05, 4.69) is 40.3 Å². The molecule has 0 spiro atoms. The zero-order valence-corrected chi connectivity index (χ0v) is 15.1. The van der Waals surface area contributed by atoms with Crippen LogP contribution in [0.1, 0.15) is 24.3 Å². The lowest BCUT2D eigenvalue weighted by Gasteiger charge is -2.13. The highest BCUT2D eigenvalue weighted by atomic mass is 79.9. The first-order valence-corrected chi connectivity index (χ1v) is 8.63. The molecular formula is C19H17BrClNO. The monoisotopic (exact) mass is 389 g/mol. The minimum atomic E-state index is 0.265. The first kappa shape index (κ1) is 16.3. The van der Waals surface area contributed by atoms with Crippen molar-refractivity contribution >= 4 is 27.5 Å². The molecule has 3 aromatic rings. The molecule has 0 amide bonds. The van der Waals surface area contributed by atoms with Crippen molar-refractivity contribution in [1.29, 1.82) is 0 Å². The third-order valence-electron chi connectivity index (χ3n) is 3.74. The number of furan rings is 1. The van der Waals surface area contributed by atoms with Gasteiger partial charge in [-0.1, -0.05) is 57.9 Å². The lowest BCUT2D eigenvalue weighted by Crippen LogP contribution is -2.17. The Balaban J connectivity index is 1.68. The Morgan fingerprint density at radius 3 is 2.61 bits per heavy atom. The van der Waals surface area contributed by atoms with E-state index in [1.807, 2.05) is 48.5 Å². The molecule has 3 rings (SSSR count). The van der Waals surface area contributed by atoms with Crippen LogP contribution in [0.2, 0.25) is 5.02 Å². The molecule has 0 fully saturated rings. The van der Waals surface area contributed by atoms with Crippen molar-refractivity contribution in [2.24, 2.45) is 0 Å².